The van der Waals surface area contributed by atoms with Gasteiger partial charge in [0.2, 0.25) is 0 Å². The van der Waals surface area contributed by atoms with Gasteiger partial charge in [-0.05, 0) is 12.8 Å². The topological polar surface area (TPSA) is 0 Å². The lowest BCUT2D eigenvalue weighted by Gasteiger charge is -2.21. The van der Waals surface area contributed by atoms with Crippen molar-refractivity contribution < 1.29 is 26.3 Å². The molecular weight excluding hydrogens is 222 g/mol. The van der Waals surface area contributed by atoms with Crippen molar-refractivity contribution in [1.29, 1.82) is 0 Å². The van der Waals surface area contributed by atoms with Gasteiger partial charge in [0, 0.05) is 5.57 Å². The average Bonchev–Trinajstić information content (AvgIpc) is 1.99. The lowest BCUT2D eigenvalue weighted by molar-refractivity contribution is -0.180. The summed E-state index contributed by atoms with van der Waals surface area (Å²) in [7, 11) is 0. The van der Waals surface area contributed by atoms with Gasteiger partial charge >= 0.3 is 12.4 Å². The second kappa shape index (κ2) is 4.90. The SMILES string of the molecule is C=C(CC(CCC)C(F)(F)F)C(F)(F)F. The van der Waals surface area contributed by atoms with Crippen LogP contribution in [0, 0.1) is 5.92 Å². The Bertz CT molecular complexity index is 212. The second-order valence-corrected chi connectivity index (χ2v) is 3.33. The van der Waals surface area contributed by atoms with Gasteiger partial charge in [0.05, 0.1) is 5.92 Å². The summed E-state index contributed by atoms with van der Waals surface area (Å²) < 4.78 is 72.7. The molecule has 0 bridgehead atoms. The molecule has 0 aliphatic carbocycles. The minimum atomic E-state index is -4.74. The first-order chi connectivity index (χ1) is 6.59. The minimum Gasteiger partial charge on any atom is -0.171 e. The summed E-state index contributed by atoms with van der Waals surface area (Å²) in [6, 6.07) is 0. The standard InChI is InChI=1S/C9H12F6/c1-3-4-7(9(13,14)15)5-6(2)8(10,11)12/h7H,2-5H2,1H3. The van der Waals surface area contributed by atoms with E-state index in [4.69, 9.17) is 0 Å². The highest BCUT2D eigenvalue weighted by Gasteiger charge is 2.42. The number of allylic oxidation sites excluding steroid dienone is 1. The van der Waals surface area contributed by atoms with Crippen molar-refractivity contribution in [3.8, 4) is 0 Å². The highest BCUT2D eigenvalue weighted by atomic mass is 19.4. The third-order valence-corrected chi connectivity index (χ3v) is 1.99. The van der Waals surface area contributed by atoms with Gasteiger partial charge in [-0.3, -0.25) is 0 Å². The number of hydrogen-bond acceptors (Lipinski definition) is 0. The highest BCUT2D eigenvalue weighted by Crippen LogP contribution is 2.38. The van der Waals surface area contributed by atoms with Crippen molar-refractivity contribution in [2.24, 2.45) is 5.92 Å². The summed E-state index contributed by atoms with van der Waals surface area (Å²) >= 11 is 0. The van der Waals surface area contributed by atoms with Crippen LogP contribution in [0.3, 0.4) is 0 Å². The van der Waals surface area contributed by atoms with Gasteiger partial charge < -0.3 is 0 Å². The molecule has 0 nitrogen and oxygen atoms in total. The molecule has 0 radical (unpaired) electrons. The number of rotatable bonds is 4. The molecule has 0 fully saturated rings. The predicted octanol–water partition coefficient (Wildman–Crippen LogP) is 4.47. The normalized spacial score (nSPS) is 15.1. The van der Waals surface area contributed by atoms with Crippen LogP contribution in [0.2, 0.25) is 0 Å². The van der Waals surface area contributed by atoms with Gasteiger partial charge in [-0.25, -0.2) is 0 Å². The lowest BCUT2D eigenvalue weighted by Crippen LogP contribution is -2.26. The van der Waals surface area contributed by atoms with E-state index in [-0.39, 0.29) is 12.8 Å². The zero-order valence-corrected chi connectivity index (χ0v) is 8.17. The Hall–Kier alpha value is -0.680. The summed E-state index contributed by atoms with van der Waals surface area (Å²) in [5.74, 6) is -1.95. The molecule has 0 aromatic heterocycles. The molecule has 0 aliphatic heterocycles. The maximum atomic E-state index is 12.2. The average molecular weight is 234 g/mol. The quantitative estimate of drug-likeness (QED) is 0.497. The van der Waals surface area contributed by atoms with Crippen molar-refractivity contribution in [3.63, 3.8) is 0 Å². The van der Waals surface area contributed by atoms with Crippen molar-refractivity contribution in [2.75, 3.05) is 0 Å². The summed E-state index contributed by atoms with van der Waals surface area (Å²) in [6.07, 6.45) is -10.5. The second-order valence-electron chi connectivity index (χ2n) is 3.33. The molecule has 15 heavy (non-hydrogen) atoms. The smallest absolute Gasteiger partial charge is 0.171 e. The van der Waals surface area contributed by atoms with Crippen LogP contribution in [0.15, 0.2) is 12.2 Å². The molecule has 0 amide bonds. The van der Waals surface area contributed by atoms with Gasteiger partial charge in [0.25, 0.3) is 0 Å². The Morgan fingerprint density at radius 1 is 1.13 bits per heavy atom. The molecule has 0 aromatic carbocycles. The summed E-state index contributed by atoms with van der Waals surface area (Å²) in [5.41, 5.74) is -1.32. The minimum absolute atomic E-state index is 0.190. The first-order valence-electron chi connectivity index (χ1n) is 4.40. The van der Waals surface area contributed by atoms with Gasteiger partial charge in [-0.15, -0.1) is 0 Å². The van der Waals surface area contributed by atoms with E-state index in [2.05, 4.69) is 6.58 Å². The van der Waals surface area contributed by atoms with Crippen LogP contribution in [-0.2, 0) is 0 Å². The van der Waals surface area contributed by atoms with Gasteiger partial charge in [-0.1, -0.05) is 19.9 Å². The van der Waals surface area contributed by atoms with Crippen LogP contribution in [0.25, 0.3) is 0 Å². The zero-order chi connectivity index (χ0) is 12.3. The third-order valence-electron chi connectivity index (χ3n) is 1.99. The predicted molar refractivity (Wildman–Crippen MR) is 44.3 cm³/mol. The number of alkyl halides is 6. The largest absolute Gasteiger partial charge is 0.412 e. The number of halogens is 6. The van der Waals surface area contributed by atoms with E-state index < -0.39 is 30.3 Å². The number of hydrogen-bond donors (Lipinski definition) is 0. The summed E-state index contributed by atoms with van der Waals surface area (Å²) in [5, 5.41) is 0. The molecule has 0 heterocycles. The summed E-state index contributed by atoms with van der Waals surface area (Å²) in [6.45, 7) is 4.13. The molecule has 1 unspecified atom stereocenters. The fourth-order valence-corrected chi connectivity index (χ4v) is 1.14. The van der Waals surface area contributed by atoms with Crippen molar-refractivity contribution >= 4 is 0 Å². The third kappa shape index (κ3) is 5.09. The van der Waals surface area contributed by atoms with E-state index in [0.29, 0.717) is 0 Å². The van der Waals surface area contributed by atoms with Crippen molar-refractivity contribution in [3.05, 3.63) is 12.2 Å². The van der Waals surface area contributed by atoms with Crippen LogP contribution in [0.1, 0.15) is 26.2 Å². The molecule has 0 saturated carbocycles. The first kappa shape index (κ1) is 14.3. The van der Waals surface area contributed by atoms with E-state index in [1.54, 1.807) is 0 Å². The summed E-state index contributed by atoms with van der Waals surface area (Å²) in [4.78, 5) is 0. The van der Waals surface area contributed by atoms with Gasteiger partial charge in [0.1, 0.15) is 0 Å². The van der Waals surface area contributed by atoms with E-state index in [9.17, 15) is 26.3 Å². The van der Waals surface area contributed by atoms with E-state index in [1.165, 1.54) is 6.92 Å². The Labute approximate surface area is 84.0 Å². The fourth-order valence-electron chi connectivity index (χ4n) is 1.14. The highest BCUT2D eigenvalue weighted by molar-refractivity contribution is 5.04. The van der Waals surface area contributed by atoms with Crippen LogP contribution >= 0.6 is 0 Å². The van der Waals surface area contributed by atoms with E-state index in [0.717, 1.165) is 0 Å². The van der Waals surface area contributed by atoms with Gasteiger partial charge in [-0.2, -0.15) is 26.3 Å². The fraction of sp³-hybridized carbons (Fsp3) is 0.778. The van der Waals surface area contributed by atoms with Crippen LogP contribution in [0.4, 0.5) is 26.3 Å². The molecular formula is C9H12F6. The Kier molecular flexibility index (Phi) is 4.67. The van der Waals surface area contributed by atoms with Crippen LogP contribution < -0.4 is 0 Å². The maximum Gasteiger partial charge on any atom is 0.412 e. The Morgan fingerprint density at radius 3 is 1.87 bits per heavy atom. The molecule has 0 N–H and O–H groups in total. The molecule has 0 saturated heterocycles. The van der Waals surface area contributed by atoms with Crippen molar-refractivity contribution in [2.45, 2.75) is 38.5 Å². The van der Waals surface area contributed by atoms with Crippen LogP contribution in [-0.4, -0.2) is 12.4 Å². The lowest BCUT2D eigenvalue weighted by atomic mass is 9.95. The molecule has 0 rings (SSSR count). The first-order valence-corrected chi connectivity index (χ1v) is 4.40. The van der Waals surface area contributed by atoms with E-state index >= 15 is 0 Å². The van der Waals surface area contributed by atoms with Crippen molar-refractivity contribution in [1.82, 2.24) is 0 Å². The molecule has 6 heteroatoms. The Balaban J connectivity index is 4.50. The molecule has 0 aromatic rings. The maximum absolute atomic E-state index is 12.2. The molecule has 0 spiro atoms. The van der Waals surface area contributed by atoms with E-state index in [1.807, 2.05) is 0 Å². The van der Waals surface area contributed by atoms with Crippen LogP contribution in [0.5, 0.6) is 0 Å². The molecule has 0 aliphatic rings. The zero-order valence-electron chi connectivity index (χ0n) is 8.17. The monoisotopic (exact) mass is 234 g/mol. The Morgan fingerprint density at radius 2 is 1.60 bits per heavy atom. The molecule has 1 atom stereocenters. The van der Waals surface area contributed by atoms with Gasteiger partial charge in [0.15, 0.2) is 0 Å². The molecule has 90 valence electrons.